The largest absolute Gasteiger partial charge is 0.756 e. The number of likely N-dealkylation sites (N-methyl/N-ethyl adjacent to an activating group) is 1. The Morgan fingerprint density at radius 3 is 1.71 bits per heavy atom. The van der Waals surface area contributed by atoms with Crippen LogP contribution >= 0.6 is 7.82 Å². The molecule has 49 heavy (non-hydrogen) atoms. The molecule has 0 aliphatic heterocycles. The molecular weight excluding hydrogens is 635 g/mol. The summed E-state index contributed by atoms with van der Waals surface area (Å²) in [5.74, 6) is -0.221. The number of allylic oxidation sites excluding steroid dienone is 5. The molecular formula is C40H77N2O6P. The van der Waals surface area contributed by atoms with Gasteiger partial charge in [-0.25, -0.2) is 0 Å². The molecule has 8 nitrogen and oxygen atoms in total. The quantitative estimate of drug-likeness (QED) is 0.0293. The van der Waals surface area contributed by atoms with Crippen molar-refractivity contribution in [3.05, 3.63) is 36.5 Å². The fraction of sp³-hybridized carbons (Fsp3) is 0.825. The van der Waals surface area contributed by atoms with Crippen LogP contribution in [0.5, 0.6) is 0 Å². The normalized spacial score (nSPS) is 15.0. The van der Waals surface area contributed by atoms with E-state index in [1.54, 1.807) is 6.08 Å². The third-order valence-corrected chi connectivity index (χ3v) is 9.54. The van der Waals surface area contributed by atoms with Crippen molar-refractivity contribution in [2.75, 3.05) is 40.9 Å². The van der Waals surface area contributed by atoms with Gasteiger partial charge in [0.2, 0.25) is 5.91 Å². The number of carbonyl (C=O) groups excluding carboxylic acids is 1. The first-order valence-electron chi connectivity index (χ1n) is 19.9. The maximum Gasteiger partial charge on any atom is 0.268 e. The molecule has 0 saturated carbocycles. The number of nitrogens with one attached hydrogen (secondary N) is 1. The van der Waals surface area contributed by atoms with E-state index in [1.807, 2.05) is 27.2 Å². The van der Waals surface area contributed by atoms with Gasteiger partial charge in [-0.15, -0.1) is 0 Å². The number of quaternary nitrogens is 1. The first kappa shape index (κ1) is 47.7. The number of carbonyl (C=O) groups is 1. The van der Waals surface area contributed by atoms with Crippen LogP contribution in [-0.4, -0.2) is 68.5 Å². The van der Waals surface area contributed by atoms with Crippen LogP contribution in [0.4, 0.5) is 0 Å². The summed E-state index contributed by atoms with van der Waals surface area (Å²) in [7, 11) is 1.23. The minimum Gasteiger partial charge on any atom is -0.756 e. The van der Waals surface area contributed by atoms with Crippen LogP contribution in [0.25, 0.3) is 0 Å². The van der Waals surface area contributed by atoms with Gasteiger partial charge in [0.15, 0.2) is 0 Å². The van der Waals surface area contributed by atoms with Crippen LogP contribution in [0, 0.1) is 0 Å². The zero-order valence-electron chi connectivity index (χ0n) is 32.4. The highest BCUT2D eigenvalue weighted by atomic mass is 31.2. The van der Waals surface area contributed by atoms with Gasteiger partial charge in [-0.3, -0.25) is 9.36 Å². The van der Waals surface area contributed by atoms with E-state index in [0.717, 1.165) is 64.2 Å². The summed E-state index contributed by atoms with van der Waals surface area (Å²) >= 11 is 0. The minimum absolute atomic E-state index is 0.00832. The number of hydrogen-bond donors (Lipinski definition) is 2. The Kier molecular flexibility index (Phi) is 31.8. The van der Waals surface area contributed by atoms with Crippen LogP contribution in [0.2, 0.25) is 0 Å². The van der Waals surface area contributed by atoms with E-state index in [0.29, 0.717) is 17.4 Å². The molecule has 0 aromatic heterocycles. The Balaban J connectivity index is 4.57. The number of aliphatic hydroxyl groups excluding tert-OH is 1. The van der Waals surface area contributed by atoms with Gasteiger partial charge in [-0.05, 0) is 51.4 Å². The monoisotopic (exact) mass is 713 g/mol. The highest BCUT2D eigenvalue weighted by Gasteiger charge is 2.23. The van der Waals surface area contributed by atoms with E-state index in [1.165, 1.54) is 77.0 Å². The summed E-state index contributed by atoms with van der Waals surface area (Å²) in [4.78, 5) is 25.1. The van der Waals surface area contributed by atoms with Gasteiger partial charge in [0.1, 0.15) is 13.2 Å². The Morgan fingerprint density at radius 1 is 0.694 bits per heavy atom. The van der Waals surface area contributed by atoms with E-state index >= 15 is 0 Å². The van der Waals surface area contributed by atoms with Gasteiger partial charge in [-0.1, -0.05) is 140 Å². The molecule has 288 valence electrons. The number of aliphatic hydroxyl groups is 1. The first-order chi connectivity index (χ1) is 23.5. The molecule has 9 heteroatoms. The molecule has 0 radical (unpaired) electrons. The molecule has 3 atom stereocenters. The Bertz CT molecular complexity index is 902. The summed E-state index contributed by atoms with van der Waals surface area (Å²) in [6.45, 7) is 4.55. The van der Waals surface area contributed by atoms with Crippen LogP contribution in [-0.2, 0) is 18.4 Å². The lowest BCUT2D eigenvalue weighted by atomic mass is 10.1. The lowest BCUT2D eigenvalue weighted by Gasteiger charge is -2.29. The molecule has 2 N–H and O–H groups in total. The number of unbranched alkanes of at least 4 members (excludes halogenated alkanes) is 18. The fourth-order valence-electron chi connectivity index (χ4n) is 5.32. The first-order valence-corrected chi connectivity index (χ1v) is 21.3. The van der Waals surface area contributed by atoms with E-state index in [-0.39, 0.29) is 12.5 Å². The third kappa shape index (κ3) is 34.9. The highest BCUT2D eigenvalue weighted by Crippen LogP contribution is 2.38. The number of phosphoric ester groups is 1. The SMILES string of the molecule is CCCC/C=C\CCCCCCCC(=O)NC(COP(=O)([O-])OCC[N+](C)(C)C)C(O)/C=C/CC/C=C/CCCCCCCCCCCC. The van der Waals surface area contributed by atoms with Gasteiger partial charge in [0.05, 0.1) is 39.9 Å². The highest BCUT2D eigenvalue weighted by molar-refractivity contribution is 7.45. The van der Waals surface area contributed by atoms with Crippen LogP contribution in [0.15, 0.2) is 36.5 Å². The van der Waals surface area contributed by atoms with E-state index in [4.69, 9.17) is 9.05 Å². The number of nitrogens with zero attached hydrogens (tertiary/aromatic N) is 1. The van der Waals surface area contributed by atoms with Crippen molar-refractivity contribution in [2.24, 2.45) is 0 Å². The number of hydrogen-bond acceptors (Lipinski definition) is 6. The zero-order valence-corrected chi connectivity index (χ0v) is 33.3. The van der Waals surface area contributed by atoms with Gasteiger partial charge in [0, 0.05) is 6.42 Å². The maximum absolute atomic E-state index is 12.7. The molecule has 0 fully saturated rings. The molecule has 0 aromatic carbocycles. The summed E-state index contributed by atoms with van der Waals surface area (Å²) in [5, 5.41) is 13.7. The second-order valence-electron chi connectivity index (χ2n) is 14.6. The Hall–Kier alpha value is -1.28. The maximum atomic E-state index is 12.7. The fourth-order valence-corrected chi connectivity index (χ4v) is 6.05. The van der Waals surface area contributed by atoms with Crippen molar-refractivity contribution in [3.8, 4) is 0 Å². The van der Waals surface area contributed by atoms with Crippen LogP contribution in [0.3, 0.4) is 0 Å². The molecule has 0 bridgehead atoms. The van der Waals surface area contributed by atoms with Gasteiger partial charge < -0.3 is 28.8 Å². The molecule has 0 spiro atoms. The molecule has 0 saturated heterocycles. The second-order valence-corrected chi connectivity index (χ2v) is 16.0. The summed E-state index contributed by atoms with van der Waals surface area (Å²) in [6, 6.07) is -0.903. The Morgan fingerprint density at radius 2 is 1.16 bits per heavy atom. The van der Waals surface area contributed by atoms with Crippen molar-refractivity contribution in [3.63, 3.8) is 0 Å². The predicted molar refractivity (Wildman–Crippen MR) is 205 cm³/mol. The van der Waals surface area contributed by atoms with Crippen molar-refractivity contribution < 1.29 is 32.9 Å². The Labute approximate surface area is 302 Å². The predicted octanol–water partition coefficient (Wildman–Crippen LogP) is 9.72. The van der Waals surface area contributed by atoms with Crippen molar-refractivity contribution in [2.45, 2.75) is 174 Å². The lowest BCUT2D eigenvalue weighted by molar-refractivity contribution is -0.870. The van der Waals surface area contributed by atoms with E-state index < -0.39 is 26.6 Å². The average molecular weight is 713 g/mol. The second kappa shape index (κ2) is 32.6. The summed E-state index contributed by atoms with van der Waals surface area (Å²) in [5.41, 5.74) is 0. The summed E-state index contributed by atoms with van der Waals surface area (Å²) < 4.78 is 23.1. The van der Waals surface area contributed by atoms with Gasteiger partial charge in [0.25, 0.3) is 7.82 Å². The van der Waals surface area contributed by atoms with Gasteiger partial charge >= 0.3 is 0 Å². The molecule has 0 aromatic rings. The average Bonchev–Trinajstić information content (AvgIpc) is 3.04. The minimum atomic E-state index is -4.59. The molecule has 0 aliphatic carbocycles. The molecule has 0 rings (SSSR count). The molecule has 1 amide bonds. The van der Waals surface area contributed by atoms with E-state index in [2.05, 4.69) is 43.5 Å². The topological polar surface area (TPSA) is 108 Å². The number of phosphoric acid groups is 1. The molecule has 0 heterocycles. The zero-order chi connectivity index (χ0) is 36.5. The smallest absolute Gasteiger partial charge is 0.268 e. The number of rotatable bonds is 35. The van der Waals surface area contributed by atoms with Crippen molar-refractivity contribution in [1.29, 1.82) is 0 Å². The van der Waals surface area contributed by atoms with Crippen molar-refractivity contribution >= 4 is 13.7 Å². The summed E-state index contributed by atoms with van der Waals surface area (Å²) in [6.07, 6.45) is 37.6. The lowest BCUT2D eigenvalue weighted by Crippen LogP contribution is -2.45. The molecule has 0 aliphatic rings. The van der Waals surface area contributed by atoms with Gasteiger partial charge in [-0.2, -0.15) is 0 Å². The standard InChI is InChI=1S/C40H77N2O6P/c1-6-8-10-12-14-16-18-19-20-21-22-24-25-27-29-31-33-39(43)38(37-48-49(45,46)47-36-35-42(3,4)5)41-40(44)34-32-30-28-26-23-17-15-13-11-9-7-2/h13,15,24-25,31,33,38-39,43H,6-12,14,16-23,26-30,32,34-37H2,1-5H3,(H-,41,44,45,46)/b15-13-,25-24+,33-31+. The van der Waals surface area contributed by atoms with Crippen LogP contribution < -0.4 is 10.2 Å². The van der Waals surface area contributed by atoms with Crippen LogP contribution in [0.1, 0.15) is 162 Å². The third-order valence-electron chi connectivity index (χ3n) is 8.57. The molecule has 3 unspecified atom stereocenters. The van der Waals surface area contributed by atoms with E-state index in [9.17, 15) is 19.4 Å². The number of amides is 1. The van der Waals surface area contributed by atoms with Crippen molar-refractivity contribution in [1.82, 2.24) is 5.32 Å².